The van der Waals surface area contributed by atoms with Crippen molar-refractivity contribution in [2.75, 3.05) is 5.32 Å². The molecule has 98 valence electrons. The number of carboxylic acid groups (broad SMARTS) is 1. The number of rotatable bonds is 3. The Bertz CT molecular complexity index is 651. The zero-order chi connectivity index (χ0) is 14.0. The number of nitrogens with one attached hydrogen (secondary N) is 1. The molecule has 2 aromatic rings. The summed E-state index contributed by atoms with van der Waals surface area (Å²) in [5, 5.41) is 14.9. The molecule has 1 aromatic heterocycles. The number of amides is 1. The molecule has 0 spiro atoms. The van der Waals surface area contributed by atoms with Gasteiger partial charge in [-0.15, -0.1) is 0 Å². The van der Waals surface area contributed by atoms with Crippen molar-refractivity contribution >= 4 is 17.6 Å². The molecular formula is C12H10FN3O3. The highest BCUT2D eigenvalue weighted by Gasteiger charge is 2.13. The molecule has 0 aliphatic heterocycles. The summed E-state index contributed by atoms with van der Waals surface area (Å²) in [5.74, 6) is -2.46. The molecule has 0 bridgehead atoms. The number of halogens is 1. The molecule has 19 heavy (non-hydrogen) atoms. The van der Waals surface area contributed by atoms with Crippen molar-refractivity contribution in [3.05, 3.63) is 47.5 Å². The van der Waals surface area contributed by atoms with Crippen molar-refractivity contribution in [2.24, 2.45) is 7.05 Å². The molecule has 0 radical (unpaired) electrons. The minimum absolute atomic E-state index is 0.108. The van der Waals surface area contributed by atoms with Crippen LogP contribution in [0.15, 0.2) is 30.6 Å². The first-order valence-electron chi connectivity index (χ1n) is 5.30. The van der Waals surface area contributed by atoms with E-state index in [0.717, 1.165) is 18.2 Å². The minimum atomic E-state index is -1.20. The van der Waals surface area contributed by atoms with E-state index in [-0.39, 0.29) is 16.8 Å². The highest BCUT2D eigenvalue weighted by atomic mass is 19.1. The van der Waals surface area contributed by atoms with Gasteiger partial charge in [-0.05, 0) is 18.2 Å². The zero-order valence-electron chi connectivity index (χ0n) is 9.92. The average Bonchev–Trinajstić information content (AvgIpc) is 2.78. The Morgan fingerprint density at radius 2 is 2.11 bits per heavy atom. The van der Waals surface area contributed by atoms with Crippen LogP contribution in [0, 0.1) is 5.82 Å². The minimum Gasteiger partial charge on any atom is -0.478 e. The van der Waals surface area contributed by atoms with E-state index in [0.29, 0.717) is 0 Å². The molecule has 2 N–H and O–H groups in total. The molecule has 2 rings (SSSR count). The predicted molar refractivity (Wildman–Crippen MR) is 64.5 cm³/mol. The number of carboxylic acids is 1. The van der Waals surface area contributed by atoms with Crippen molar-refractivity contribution in [3.8, 4) is 0 Å². The fourth-order valence-electron chi connectivity index (χ4n) is 1.49. The van der Waals surface area contributed by atoms with Gasteiger partial charge in [0.2, 0.25) is 0 Å². The first kappa shape index (κ1) is 12.7. The van der Waals surface area contributed by atoms with Gasteiger partial charge in [0.25, 0.3) is 5.91 Å². The molecule has 0 saturated carbocycles. The molecule has 0 fully saturated rings. The normalized spacial score (nSPS) is 10.2. The summed E-state index contributed by atoms with van der Waals surface area (Å²) >= 11 is 0. The molecule has 1 amide bonds. The van der Waals surface area contributed by atoms with Crippen molar-refractivity contribution in [2.45, 2.75) is 0 Å². The van der Waals surface area contributed by atoms with Gasteiger partial charge < -0.3 is 10.4 Å². The smallest absolute Gasteiger partial charge is 0.335 e. The number of carbonyl (C=O) groups is 2. The Labute approximate surface area is 107 Å². The highest BCUT2D eigenvalue weighted by molar-refractivity contribution is 6.04. The van der Waals surface area contributed by atoms with E-state index in [9.17, 15) is 14.0 Å². The van der Waals surface area contributed by atoms with Gasteiger partial charge in [-0.25, -0.2) is 9.18 Å². The van der Waals surface area contributed by atoms with Crippen molar-refractivity contribution < 1.29 is 19.1 Å². The van der Waals surface area contributed by atoms with Gasteiger partial charge in [-0.2, -0.15) is 5.10 Å². The molecule has 0 unspecified atom stereocenters. The van der Waals surface area contributed by atoms with Gasteiger partial charge in [0.1, 0.15) is 5.82 Å². The third-order valence-electron chi connectivity index (χ3n) is 2.43. The zero-order valence-corrected chi connectivity index (χ0v) is 9.92. The van der Waals surface area contributed by atoms with Crippen LogP contribution >= 0.6 is 0 Å². The number of aromatic nitrogens is 2. The standard InChI is InChI=1S/C12H10FN3O3/c1-16-6-8(5-14-16)11(17)15-10-4-7(12(18)19)2-3-9(10)13/h2-6H,1H3,(H,15,17)(H,18,19). The van der Waals surface area contributed by atoms with E-state index in [2.05, 4.69) is 10.4 Å². The second-order valence-electron chi connectivity index (χ2n) is 3.86. The van der Waals surface area contributed by atoms with Crippen LogP contribution in [-0.2, 0) is 7.05 Å². The Balaban J connectivity index is 2.25. The maximum absolute atomic E-state index is 13.5. The number of anilines is 1. The van der Waals surface area contributed by atoms with Gasteiger partial charge in [0, 0.05) is 13.2 Å². The first-order chi connectivity index (χ1) is 8.97. The fraction of sp³-hybridized carbons (Fsp3) is 0.0833. The third kappa shape index (κ3) is 2.76. The summed E-state index contributed by atoms with van der Waals surface area (Å²) in [4.78, 5) is 22.6. The number of hydrogen-bond donors (Lipinski definition) is 2. The quantitative estimate of drug-likeness (QED) is 0.879. The van der Waals surface area contributed by atoms with Gasteiger partial charge in [0.15, 0.2) is 0 Å². The van der Waals surface area contributed by atoms with Crippen LogP contribution in [0.3, 0.4) is 0 Å². The molecule has 1 aromatic carbocycles. The van der Waals surface area contributed by atoms with E-state index >= 15 is 0 Å². The maximum Gasteiger partial charge on any atom is 0.335 e. The van der Waals surface area contributed by atoms with Gasteiger partial charge in [0.05, 0.1) is 23.0 Å². The molecule has 0 aliphatic carbocycles. The fourth-order valence-corrected chi connectivity index (χ4v) is 1.49. The van der Waals surface area contributed by atoms with Gasteiger partial charge >= 0.3 is 5.97 Å². The number of aromatic carboxylic acids is 1. The third-order valence-corrected chi connectivity index (χ3v) is 2.43. The number of hydrogen-bond acceptors (Lipinski definition) is 3. The SMILES string of the molecule is Cn1cc(C(=O)Nc2cc(C(=O)O)ccc2F)cn1. The van der Waals surface area contributed by atoms with Crippen LogP contribution in [-0.4, -0.2) is 26.8 Å². The maximum atomic E-state index is 13.5. The van der Waals surface area contributed by atoms with Gasteiger partial charge in [-0.1, -0.05) is 0 Å². The Kier molecular flexibility index (Phi) is 3.28. The monoisotopic (exact) mass is 263 g/mol. The predicted octanol–water partition coefficient (Wildman–Crippen LogP) is 1.51. The van der Waals surface area contributed by atoms with Crippen LogP contribution in [0.25, 0.3) is 0 Å². The summed E-state index contributed by atoms with van der Waals surface area (Å²) in [6.45, 7) is 0. The van der Waals surface area contributed by atoms with E-state index in [1.54, 1.807) is 7.05 Å². The molecule has 6 nitrogen and oxygen atoms in total. The van der Waals surface area contributed by atoms with Gasteiger partial charge in [-0.3, -0.25) is 9.48 Å². The molecule has 0 saturated heterocycles. The lowest BCUT2D eigenvalue weighted by atomic mass is 10.2. The first-order valence-corrected chi connectivity index (χ1v) is 5.30. The Morgan fingerprint density at radius 3 is 2.68 bits per heavy atom. The second kappa shape index (κ2) is 4.89. The van der Waals surface area contributed by atoms with E-state index in [1.807, 2.05) is 0 Å². The van der Waals surface area contributed by atoms with Crippen LogP contribution in [0.1, 0.15) is 20.7 Å². The average molecular weight is 263 g/mol. The lowest BCUT2D eigenvalue weighted by Gasteiger charge is -2.06. The second-order valence-corrected chi connectivity index (χ2v) is 3.86. The summed E-state index contributed by atoms with van der Waals surface area (Å²) < 4.78 is 14.9. The molecule has 1 heterocycles. The summed E-state index contributed by atoms with van der Waals surface area (Å²) in [5.41, 5.74) is -0.0423. The lowest BCUT2D eigenvalue weighted by molar-refractivity contribution is 0.0696. The van der Waals surface area contributed by atoms with Crippen LogP contribution in [0.5, 0.6) is 0 Å². The number of carbonyl (C=O) groups excluding carboxylic acids is 1. The van der Waals surface area contributed by atoms with Crippen molar-refractivity contribution in [1.82, 2.24) is 9.78 Å². The van der Waals surface area contributed by atoms with Crippen molar-refractivity contribution in [1.29, 1.82) is 0 Å². The van der Waals surface area contributed by atoms with Crippen molar-refractivity contribution in [3.63, 3.8) is 0 Å². The van der Waals surface area contributed by atoms with E-state index < -0.39 is 17.7 Å². The molecule has 7 heteroatoms. The van der Waals surface area contributed by atoms with Crippen LogP contribution in [0.4, 0.5) is 10.1 Å². The molecule has 0 aliphatic rings. The molecule has 0 atom stereocenters. The van der Waals surface area contributed by atoms with E-state index in [1.165, 1.54) is 17.1 Å². The largest absolute Gasteiger partial charge is 0.478 e. The number of aryl methyl sites for hydroxylation is 1. The van der Waals surface area contributed by atoms with Crippen LogP contribution in [0.2, 0.25) is 0 Å². The summed E-state index contributed by atoms with van der Waals surface area (Å²) in [6.07, 6.45) is 2.79. The lowest BCUT2D eigenvalue weighted by Crippen LogP contribution is -2.13. The number of nitrogens with zero attached hydrogens (tertiary/aromatic N) is 2. The van der Waals surface area contributed by atoms with E-state index in [4.69, 9.17) is 5.11 Å². The Hall–Kier alpha value is -2.70. The topological polar surface area (TPSA) is 84.2 Å². The summed E-state index contributed by atoms with van der Waals surface area (Å²) in [6, 6.07) is 3.17. The summed E-state index contributed by atoms with van der Waals surface area (Å²) in [7, 11) is 1.64. The molecular weight excluding hydrogens is 253 g/mol. The number of benzene rings is 1. The highest BCUT2D eigenvalue weighted by Crippen LogP contribution is 2.17. The van der Waals surface area contributed by atoms with Crippen LogP contribution < -0.4 is 5.32 Å². The Morgan fingerprint density at radius 1 is 1.37 bits per heavy atom.